The number of imidazole rings is 1. The summed E-state index contributed by atoms with van der Waals surface area (Å²) in [6.45, 7) is 5.60. The highest BCUT2D eigenvalue weighted by Crippen LogP contribution is 2.20. The molecule has 1 heterocycles. The first kappa shape index (κ1) is 13.9. The van der Waals surface area contributed by atoms with Crippen LogP contribution in [0.5, 0.6) is 0 Å². The fourth-order valence-corrected chi connectivity index (χ4v) is 2.68. The minimum Gasteiger partial charge on any atom is -0.327 e. The van der Waals surface area contributed by atoms with E-state index in [1.165, 1.54) is 23.3 Å². The van der Waals surface area contributed by atoms with E-state index in [9.17, 15) is 0 Å². The monoisotopic (exact) mass is 278 g/mol. The summed E-state index contributed by atoms with van der Waals surface area (Å²) in [7, 11) is 0. The smallest absolute Gasteiger partial charge is 0.114 e. The highest BCUT2D eigenvalue weighted by Gasteiger charge is 2.12. The Morgan fingerprint density at radius 1 is 1.00 bits per heavy atom. The zero-order valence-corrected chi connectivity index (χ0v) is 12.8. The fraction of sp³-hybridized carbons (Fsp3) is 0.316. The third kappa shape index (κ3) is 2.99. The number of hydrogen-bond acceptors (Lipinski definition) is 1. The third-order valence-electron chi connectivity index (χ3n) is 4.13. The molecule has 108 valence electrons. The predicted octanol–water partition coefficient (Wildman–Crippen LogP) is 4.67. The lowest BCUT2D eigenvalue weighted by Crippen LogP contribution is -2.10. The third-order valence-corrected chi connectivity index (χ3v) is 4.13. The molecule has 0 saturated carbocycles. The Hall–Kier alpha value is -2.09. The predicted molar refractivity (Wildman–Crippen MR) is 88.4 cm³/mol. The molecule has 0 bridgehead atoms. The SMILES string of the molecule is CC[C@@H](C)Cn1c(Cc2ccccc2)nc2ccccc21. The van der Waals surface area contributed by atoms with Gasteiger partial charge in [-0.1, -0.05) is 62.7 Å². The van der Waals surface area contributed by atoms with Gasteiger partial charge in [-0.15, -0.1) is 0 Å². The van der Waals surface area contributed by atoms with Crippen molar-refractivity contribution in [2.75, 3.05) is 0 Å². The number of para-hydroxylation sites is 2. The van der Waals surface area contributed by atoms with Gasteiger partial charge in [0.15, 0.2) is 0 Å². The van der Waals surface area contributed by atoms with Crippen LogP contribution in [-0.2, 0) is 13.0 Å². The van der Waals surface area contributed by atoms with E-state index in [-0.39, 0.29) is 0 Å². The summed E-state index contributed by atoms with van der Waals surface area (Å²) in [5, 5.41) is 0. The molecule has 0 N–H and O–H groups in total. The van der Waals surface area contributed by atoms with Gasteiger partial charge in [-0.25, -0.2) is 4.98 Å². The summed E-state index contributed by atoms with van der Waals surface area (Å²) in [6, 6.07) is 19.0. The summed E-state index contributed by atoms with van der Waals surface area (Å²) in [6.07, 6.45) is 2.09. The van der Waals surface area contributed by atoms with Crippen LogP contribution >= 0.6 is 0 Å². The molecule has 0 aliphatic carbocycles. The molecule has 2 heteroatoms. The minimum absolute atomic E-state index is 0.664. The van der Waals surface area contributed by atoms with Gasteiger partial charge >= 0.3 is 0 Å². The zero-order chi connectivity index (χ0) is 14.7. The molecule has 2 nitrogen and oxygen atoms in total. The zero-order valence-electron chi connectivity index (χ0n) is 12.8. The van der Waals surface area contributed by atoms with Crippen molar-refractivity contribution in [1.29, 1.82) is 0 Å². The highest BCUT2D eigenvalue weighted by atomic mass is 15.1. The van der Waals surface area contributed by atoms with Crippen molar-refractivity contribution < 1.29 is 0 Å². The molecule has 0 radical (unpaired) electrons. The molecular weight excluding hydrogens is 256 g/mol. The Kier molecular flexibility index (Phi) is 4.05. The van der Waals surface area contributed by atoms with Gasteiger partial charge < -0.3 is 4.57 Å². The van der Waals surface area contributed by atoms with Crippen LogP contribution in [0, 0.1) is 5.92 Å². The van der Waals surface area contributed by atoms with Gasteiger partial charge in [0, 0.05) is 13.0 Å². The van der Waals surface area contributed by atoms with Crippen molar-refractivity contribution in [3.63, 3.8) is 0 Å². The van der Waals surface area contributed by atoms with Gasteiger partial charge in [0.25, 0.3) is 0 Å². The topological polar surface area (TPSA) is 17.8 Å². The average molecular weight is 278 g/mol. The van der Waals surface area contributed by atoms with Gasteiger partial charge in [-0.3, -0.25) is 0 Å². The Morgan fingerprint density at radius 3 is 2.48 bits per heavy atom. The maximum atomic E-state index is 4.86. The van der Waals surface area contributed by atoms with E-state index in [1.807, 2.05) is 0 Å². The number of hydrogen-bond donors (Lipinski definition) is 0. The number of nitrogens with zero attached hydrogens (tertiary/aromatic N) is 2. The van der Waals surface area contributed by atoms with E-state index in [0.29, 0.717) is 5.92 Å². The molecule has 0 unspecified atom stereocenters. The Bertz CT molecular complexity index is 713. The van der Waals surface area contributed by atoms with Crippen molar-refractivity contribution in [2.45, 2.75) is 33.2 Å². The number of rotatable bonds is 5. The lowest BCUT2D eigenvalue weighted by atomic mass is 10.1. The average Bonchev–Trinajstić information content (AvgIpc) is 2.86. The molecule has 0 saturated heterocycles. The van der Waals surface area contributed by atoms with Crippen LogP contribution in [0.2, 0.25) is 0 Å². The second-order valence-corrected chi connectivity index (χ2v) is 5.80. The van der Waals surface area contributed by atoms with Gasteiger partial charge in [0.2, 0.25) is 0 Å². The second-order valence-electron chi connectivity index (χ2n) is 5.80. The highest BCUT2D eigenvalue weighted by molar-refractivity contribution is 5.76. The Balaban J connectivity index is 2.02. The van der Waals surface area contributed by atoms with Crippen LogP contribution in [-0.4, -0.2) is 9.55 Å². The summed E-state index contributed by atoms with van der Waals surface area (Å²) < 4.78 is 2.40. The molecule has 1 aromatic heterocycles. The molecule has 1 atom stereocenters. The first-order chi connectivity index (χ1) is 10.3. The maximum Gasteiger partial charge on any atom is 0.114 e. The number of aromatic nitrogens is 2. The van der Waals surface area contributed by atoms with Crippen molar-refractivity contribution in [2.24, 2.45) is 5.92 Å². The van der Waals surface area contributed by atoms with Crippen LogP contribution in [0.25, 0.3) is 11.0 Å². The van der Waals surface area contributed by atoms with Crippen LogP contribution < -0.4 is 0 Å². The lowest BCUT2D eigenvalue weighted by Gasteiger charge is -2.14. The van der Waals surface area contributed by atoms with E-state index < -0.39 is 0 Å². The van der Waals surface area contributed by atoms with Gasteiger partial charge in [0.1, 0.15) is 5.82 Å². The van der Waals surface area contributed by atoms with Crippen LogP contribution in [0.15, 0.2) is 54.6 Å². The lowest BCUT2D eigenvalue weighted by molar-refractivity contribution is 0.467. The number of fused-ring (bicyclic) bond motifs is 1. The molecule has 0 amide bonds. The molecule has 3 rings (SSSR count). The summed E-state index contributed by atoms with van der Waals surface area (Å²) in [5.41, 5.74) is 3.67. The number of benzene rings is 2. The largest absolute Gasteiger partial charge is 0.327 e. The molecular formula is C19H22N2. The van der Waals surface area contributed by atoms with Gasteiger partial charge in [0.05, 0.1) is 11.0 Å². The van der Waals surface area contributed by atoms with Crippen molar-refractivity contribution in [3.05, 3.63) is 66.0 Å². The first-order valence-corrected chi connectivity index (χ1v) is 7.76. The molecule has 0 spiro atoms. The van der Waals surface area contributed by atoms with Gasteiger partial charge in [-0.05, 0) is 23.6 Å². The summed E-state index contributed by atoms with van der Waals surface area (Å²) in [4.78, 5) is 4.86. The van der Waals surface area contributed by atoms with Crippen LogP contribution in [0.1, 0.15) is 31.7 Å². The molecule has 3 aromatic rings. The minimum atomic E-state index is 0.664. The molecule has 0 aliphatic rings. The van der Waals surface area contributed by atoms with Crippen molar-refractivity contribution in [3.8, 4) is 0 Å². The van der Waals surface area contributed by atoms with Gasteiger partial charge in [-0.2, -0.15) is 0 Å². The van der Waals surface area contributed by atoms with E-state index in [2.05, 4.69) is 73.0 Å². The Morgan fingerprint density at radius 2 is 1.71 bits per heavy atom. The molecule has 0 aliphatic heterocycles. The fourth-order valence-electron chi connectivity index (χ4n) is 2.68. The summed E-state index contributed by atoms with van der Waals surface area (Å²) in [5.74, 6) is 1.83. The second kappa shape index (κ2) is 6.13. The first-order valence-electron chi connectivity index (χ1n) is 7.76. The maximum absolute atomic E-state index is 4.86. The van der Waals surface area contributed by atoms with Crippen LogP contribution in [0.3, 0.4) is 0 Å². The quantitative estimate of drug-likeness (QED) is 0.663. The normalized spacial score (nSPS) is 12.7. The van der Waals surface area contributed by atoms with E-state index in [4.69, 9.17) is 4.98 Å². The van der Waals surface area contributed by atoms with Crippen LogP contribution in [0.4, 0.5) is 0 Å². The van der Waals surface area contributed by atoms with Crippen molar-refractivity contribution >= 4 is 11.0 Å². The van der Waals surface area contributed by atoms with E-state index in [1.54, 1.807) is 0 Å². The van der Waals surface area contributed by atoms with E-state index in [0.717, 1.165) is 18.5 Å². The molecule has 2 aromatic carbocycles. The Labute approximate surface area is 126 Å². The standard InChI is InChI=1S/C19H22N2/c1-3-15(2)14-21-18-12-8-7-11-17(18)20-19(21)13-16-9-5-4-6-10-16/h4-12,15H,3,13-14H2,1-2H3/t15-/m1/s1. The molecule has 21 heavy (non-hydrogen) atoms. The molecule has 0 fully saturated rings. The summed E-state index contributed by atoms with van der Waals surface area (Å²) >= 11 is 0. The van der Waals surface area contributed by atoms with Crippen molar-refractivity contribution in [1.82, 2.24) is 9.55 Å². The van der Waals surface area contributed by atoms with E-state index >= 15 is 0 Å².